The van der Waals surface area contributed by atoms with Crippen LogP contribution in [0.5, 0.6) is 0 Å². The van der Waals surface area contributed by atoms with Gasteiger partial charge in [-0.15, -0.1) is 0 Å². The van der Waals surface area contributed by atoms with E-state index in [4.69, 9.17) is 0 Å². The van der Waals surface area contributed by atoms with E-state index in [-0.39, 0.29) is 29.1 Å². The molecule has 1 unspecified atom stereocenters. The molecule has 1 fully saturated rings. The molecule has 0 amide bonds. The third kappa shape index (κ3) is 13.8. The van der Waals surface area contributed by atoms with E-state index in [1.807, 2.05) is 7.05 Å². The van der Waals surface area contributed by atoms with Crippen LogP contribution in [0.1, 0.15) is 26.2 Å². The van der Waals surface area contributed by atoms with Crippen molar-refractivity contribution in [2.24, 2.45) is 5.92 Å². The van der Waals surface area contributed by atoms with E-state index in [0.717, 1.165) is 11.5 Å². The molecule has 0 heterocycles. The van der Waals surface area contributed by atoms with Crippen LogP contribution in [0.15, 0.2) is 0 Å². The molecule has 0 saturated heterocycles. The van der Waals surface area contributed by atoms with Crippen molar-refractivity contribution in [2.75, 3.05) is 41.4 Å². The van der Waals surface area contributed by atoms with Crippen molar-refractivity contribution in [2.45, 2.75) is 44.8 Å². The average Bonchev–Trinajstić information content (AvgIpc) is 2.67. The Hall–Kier alpha value is 0.811. The first-order valence-electron chi connectivity index (χ1n) is 6.92. The normalized spacial score (nSPS) is 20.4. The molecule has 0 spiro atoms. The Labute approximate surface area is 145 Å². The predicted octanol–water partition coefficient (Wildman–Crippen LogP) is 5.11. The van der Waals surface area contributed by atoms with Crippen molar-refractivity contribution >= 4 is 8.07 Å². The van der Waals surface area contributed by atoms with Crippen molar-refractivity contribution < 1.29 is 21.7 Å². The van der Waals surface area contributed by atoms with Crippen LogP contribution in [0.2, 0.25) is 18.6 Å². The van der Waals surface area contributed by atoms with E-state index in [2.05, 4.69) is 36.0 Å². The molecule has 0 aromatic carbocycles. The van der Waals surface area contributed by atoms with Gasteiger partial charge in [-0.3, -0.25) is 0 Å². The second-order valence-electron chi connectivity index (χ2n) is 5.87. The second-order valence-corrected chi connectivity index (χ2v) is 10.9. The van der Waals surface area contributed by atoms with E-state index >= 15 is 0 Å². The number of nitrogens with zero attached hydrogens (tertiary/aromatic N) is 3. The Balaban J connectivity index is -0.000000139. The fourth-order valence-electron chi connectivity index (χ4n) is 2.83. The van der Waals surface area contributed by atoms with Crippen LogP contribution in [0.3, 0.4) is 0 Å². The molecule has 1 saturated carbocycles. The third-order valence-electron chi connectivity index (χ3n) is 3.43. The van der Waals surface area contributed by atoms with E-state index < -0.39 is 8.07 Å². The van der Waals surface area contributed by atoms with Gasteiger partial charge in [-0.2, -0.15) is 41.4 Å². The van der Waals surface area contributed by atoms with Gasteiger partial charge in [-0.05, 0) is 11.5 Å². The average molecular weight is 335 g/mol. The molecule has 0 aliphatic heterocycles. The quantitative estimate of drug-likeness (QED) is 0.508. The monoisotopic (exact) mass is 335 g/mol. The number of hydrogen-bond donors (Lipinski definition) is 0. The molecule has 20 heavy (non-hydrogen) atoms. The number of hydrogen-bond acceptors (Lipinski definition) is 0. The van der Waals surface area contributed by atoms with Crippen LogP contribution in [0.25, 0.3) is 16.0 Å². The summed E-state index contributed by atoms with van der Waals surface area (Å²) >= 11 is 0. The molecule has 0 N–H and O–H groups in total. The van der Waals surface area contributed by atoms with Crippen molar-refractivity contribution in [3.8, 4) is 0 Å². The maximum atomic E-state index is 4.35. The summed E-state index contributed by atoms with van der Waals surface area (Å²) in [6.07, 6.45) is 5.58. The Kier molecular flexibility index (Phi) is 25.8. The number of rotatable bonds is 3. The summed E-state index contributed by atoms with van der Waals surface area (Å²) in [6, 6.07) is 0. The van der Waals surface area contributed by atoms with Gasteiger partial charge in [-0.1, -0.05) is 39.3 Å². The third-order valence-corrected chi connectivity index (χ3v) is 7.43. The zero-order valence-corrected chi connectivity index (χ0v) is 17.9. The molecule has 0 radical (unpaired) electrons. The fraction of sp³-hybridized carbons (Fsp3) is 0.933. The van der Waals surface area contributed by atoms with Crippen molar-refractivity contribution in [1.82, 2.24) is 0 Å². The fourth-order valence-corrected chi connectivity index (χ4v) is 6.57. The zero-order valence-electron chi connectivity index (χ0n) is 15.3. The summed E-state index contributed by atoms with van der Waals surface area (Å²) in [6.45, 7) is 7.45. The Morgan fingerprint density at radius 3 is 1.60 bits per heavy atom. The first kappa shape index (κ1) is 28.9. The van der Waals surface area contributed by atoms with Gasteiger partial charge in [0.2, 0.25) is 0 Å². The van der Waals surface area contributed by atoms with Crippen LogP contribution < -0.4 is 0 Å². The van der Waals surface area contributed by atoms with E-state index in [9.17, 15) is 0 Å². The zero-order chi connectivity index (χ0) is 14.6. The topological polar surface area (TPSA) is 42.3 Å². The van der Waals surface area contributed by atoms with E-state index in [1.165, 1.54) is 25.4 Å². The Bertz CT molecular complexity index is 179. The molecule has 1 aliphatic carbocycles. The largest absolute Gasteiger partial charge is 4.00 e. The molecule has 5 heteroatoms. The standard InChI is InChI=1S/C10H22NSi.2C2H6N.CH3.Ti/c1-9-6-5-7-10(9)12(3,4)8-11-2;2*1-3-2;;/h9-10H,5-8H2,1-4H3;2*1-2H3;1H3;/q4*-1;+4/t9-,10?;;;;/m0..../s1. The molecule has 3 nitrogen and oxygen atoms in total. The minimum Gasteiger partial charge on any atom is -0.668 e. The molecule has 1 rings (SSSR count). The molecule has 0 bridgehead atoms. The molecular weight excluding hydrogens is 298 g/mol. The molecule has 120 valence electrons. The molecule has 0 aromatic rings. The Morgan fingerprint density at radius 2 is 1.35 bits per heavy atom. The first-order valence-corrected chi connectivity index (χ1v) is 10.2. The molecule has 0 aromatic heterocycles. The van der Waals surface area contributed by atoms with Crippen LogP contribution in [-0.2, 0) is 21.7 Å². The summed E-state index contributed by atoms with van der Waals surface area (Å²) in [5.74, 6) is 0.980. The summed E-state index contributed by atoms with van der Waals surface area (Å²) in [5, 5.41) is 11.3. The van der Waals surface area contributed by atoms with Crippen LogP contribution in [-0.4, -0.2) is 49.5 Å². The van der Waals surface area contributed by atoms with Gasteiger partial charge in [0, 0.05) is 8.07 Å². The smallest absolute Gasteiger partial charge is 0.668 e. The Morgan fingerprint density at radius 1 is 0.950 bits per heavy atom. The van der Waals surface area contributed by atoms with Crippen molar-refractivity contribution in [3.63, 3.8) is 0 Å². The minimum absolute atomic E-state index is 0. The van der Waals surface area contributed by atoms with Gasteiger partial charge in [-0.25, -0.2) is 0 Å². The van der Waals surface area contributed by atoms with Gasteiger partial charge in [0.1, 0.15) is 0 Å². The van der Waals surface area contributed by atoms with Crippen LogP contribution in [0, 0.1) is 13.3 Å². The maximum Gasteiger partial charge on any atom is 4.00 e. The summed E-state index contributed by atoms with van der Waals surface area (Å²) in [5.41, 5.74) is 1.04. The van der Waals surface area contributed by atoms with Crippen LogP contribution >= 0.6 is 0 Å². The van der Waals surface area contributed by atoms with E-state index in [1.54, 1.807) is 28.2 Å². The predicted molar refractivity (Wildman–Crippen MR) is 95.2 cm³/mol. The molecule has 2 atom stereocenters. The summed E-state index contributed by atoms with van der Waals surface area (Å²) < 4.78 is 0. The summed E-state index contributed by atoms with van der Waals surface area (Å²) in [4.78, 5) is 0. The van der Waals surface area contributed by atoms with Gasteiger partial charge < -0.3 is 23.4 Å². The van der Waals surface area contributed by atoms with Crippen LogP contribution in [0.4, 0.5) is 0 Å². The molecule has 1 aliphatic rings. The summed E-state index contributed by atoms with van der Waals surface area (Å²) in [7, 11) is 7.97. The maximum absolute atomic E-state index is 4.35. The van der Waals surface area contributed by atoms with E-state index in [0.29, 0.717) is 0 Å². The minimum atomic E-state index is -1.00. The van der Waals surface area contributed by atoms with Gasteiger partial charge in [0.15, 0.2) is 0 Å². The first-order chi connectivity index (χ1) is 8.40. The second kappa shape index (κ2) is 17.9. The van der Waals surface area contributed by atoms with Gasteiger partial charge in [0.25, 0.3) is 0 Å². The molecular formula is C15H37N3SiTi. The van der Waals surface area contributed by atoms with Crippen molar-refractivity contribution in [3.05, 3.63) is 23.4 Å². The SMILES string of the molecule is C[N-]C.C[N-]C.C[N-]C[Si](C)(C)C1CCC[C@@H]1C.[CH3-].[Ti+4]. The van der Waals surface area contributed by atoms with Gasteiger partial charge in [0.05, 0.1) is 0 Å². The van der Waals surface area contributed by atoms with Crippen molar-refractivity contribution in [1.29, 1.82) is 0 Å². The van der Waals surface area contributed by atoms with Gasteiger partial charge >= 0.3 is 21.7 Å².